The molecule has 1 aromatic heterocycles. The molecular weight excluding hydrogens is 420 g/mol. The number of rotatable bonds is 8. The van der Waals surface area contributed by atoms with Gasteiger partial charge in [0.1, 0.15) is 17.4 Å². The Morgan fingerprint density at radius 1 is 1.15 bits per heavy atom. The molecule has 0 amide bonds. The molecule has 0 saturated heterocycles. The van der Waals surface area contributed by atoms with E-state index in [1.165, 1.54) is 0 Å². The molecule has 0 saturated carbocycles. The average Bonchev–Trinajstić information content (AvgIpc) is 3.25. The van der Waals surface area contributed by atoms with Crippen LogP contribution in [0, 0.1) is 11.3 Å². The van der Waals surface area contributed by atoms with Crippen LogP contribution in [-0.2, 0) is 0 Å². The van der Waals surface area contributed by atoms with Crippen LogP contribution in [0.15, 0.2) is 53.9 Å². The maximum Gasteiger partial charge on any atom is 0.244 e. The van der Waals surface area contributed by atoms with Gasteiger partial charge in [0.05, 0.1) is 37.5 Å². The molecule has 1 aliphatic rings. The molecule has 1 unspecified atom stereocenters. The van der Waals surface area contributed by atoms with Crippen LogP contribution in [0.5, 0.6) is 23.1 Å². The first kappa shape index (κ1) is 22.1. The quantitative estimate of drug-likeness (QED) is 0.524. The van der Waals surface area contributed by atoms with E-state index in [9.17, 15) is 5.26 Å². The van der Waals surface area contributed by atoms with Crippen molar-refractivity contribution in [3.05, 3.63) is 65.0 Å². The first-order valence-electron chi connectivity index (χ1n) is 10.8. The minimum absolute atomic E-state index is 0.0176. The summed E-state index contributed by atoms with van der Waals surface area (Å²) in [6.07, 6.45) is 0.822. The number of aromatic amines is 1. The van der Waals surface area contributed by atoms with Gasteiger partial charge in [0.15, 0.2) is 11.5 Å². The van der Waals surface area contributed by atoms with Gasteiger partial charge in [-0.3, -0.25) is 5.10 Å². The van der Waals surface area contributed by atoms with E-state index in [1.807, 2.05) is 56.3 Å². The largest absolute Gasteiger partial charge is 0.494 e. The number of nitrogens with two attached hydrogens (primary N) is 1. The topological polar surface area (TPSA) is 115 Å². The zero-order chi connectivity index (χ0) is 23.4. The Balaban J connectivity index is 1.90. The van der Waals surface area contributed by atoms with Gasteiger partial charge < -0.3 is 24.7 Å². The van der Waals surface area contributed by atoms with Gasteiger partial charge in [-0.1, -0.05) is 19.1 Å². The summed E-state index contributed by atoms with van der Waals surface area (Å²) in [5.41, 5.74) is 9.48. The normalized spacial score (nSPS) is 14.8. The fourth-order valence-electron chi connectivity index (χ4n) is 3.94. The lowest BCUT2D eigenvalue weighted by atomic mass is 9.82. The van der Waals surface area contributed by atoms with Gasteiger partial charge in [0, 0.05) is 11.1 Å². The maximum atomic E-state index is 10.0. The number of benzene rings is 2. The van der Waals surface area contributed by atoms with Gasteiger partial charge in [-0.05, 0) is 43.7 Å². The molecule has 33 heavy (non-hydrogen) atoms. The van der Waals surface area contributed by atoms with E-state index in [2.05, 4.69) is 16.3 Å². The second kappa shape index (κ2) is 9.57. The number of hydrogen-bond acceptors (Lipinski definition) is 7. The summed E-state index contributed by atoms with van der Waals surface area (Å²) >= 11 is 0. The number of methoxy groups -OCH3 is 1. The van der Waals surface area contributed by atoms with Crippen LogP contribution in [0.1, 0.15) is 37.3 Å². The number of nitrogens with one attached hydrogen (secondary N) is 1. The highest BCUT2D eigenvalue weighted by molar-refractivity contribution is 5.72. The molecule has 3 N–H and O–H groups in total. The molecule has 2 aromatic carbocycles. The smallest absolute Gasteiger partial charge is 0.244 e. The number of H-pyrrole nitrogens is 1. The minimum Gasteiger partial charge on any atom is -0.494 e. The lowest BCUT2D eigenvalue weighted by Gasteiger charge is -2.26. The highest BCUT2D eigenvalue weighted by Gasteiger charge is 2.37. The Labute approximate surface area is 192 Å². The van der Waals surface area contributed by atoms with E-state index in [0.717, 1.165) is 29.0 Å². The number of ether oxygens (including phenoxy) is 4. The van der Waals surface area contributed by atoms with Gasteiger partial charge in [-0.2, -0.15) is 5.26 Å². The molecular formula is C25H26N4O4. The van der Waals surface area contributed by atoms with E-state index >= 15 is 0 Å². The molecule has 8 heteroatoms. The van der Waals surface area contributed by atoms with E-state index < -0.39 is 5.92 Å². The van der Waals surface area contributed by atoms with E-state index in [-0.39, 0.29) is 11.5 Å². The van der Waals surface area contributed by atoms with Gasteiger partial charge in [-0.15, -0.1) is 5.10 Å². The third-order valence-electron chi connectivity index (χ3n) is 5.38. The Kier molecular flexibility index (Phi) is 6.41. The number of aromatic nitrogens is 2. The average molecular weight is 447 g/mol. The third kappa shape index (κ3) is 4.05. The number of nitrogens with zero attached hydrogens (tertiary/aromatic N) is 2. The van der Waals surface area contributed by atoms with Crippen molar-refractivity contribution in [2.75, 3.05) is 20.3 Å². The molecule has 8 nitrogen and oxygen atoms in total. The van der Waals surface area contributed by atoms with Crippen molar-refractivity contribution in [2.45, 2.75) is 26.2 Å². The Morgan fingerprint density at radius 3 is 2.61 bits per heavy atom. The molecule has 3 aromatic rings. The fraction of sp³-hybridized carbons (Fsp3) is 0.280. The predicted octanol–water partition coefficient (Wildman–Crippen LogP) is 4.49. The van der Waals surface area contributed by atoms with Crippen LogP contribution >= 0.6 is 0 Å². The summed E-state index contributed by atoms with van der Waals surface area (Å²) in [4.78, 5) is 0. The monoisotopic (exact) mass is 446 g/mol. The first-order chi connectivity index (χ1) is 16.1. The summed E-state index contributed by atoms with van der Waals surface area (Å²) in [6, 6.07) is 15.5. The standard InChI is InChI=1S/C25H26N4O4/c1-4-13-32-23-17(7-6-8-19(23)30-3)20-18(14-26)24(27)33-25-21(20)22(28-29-25)15-9-11-16(12-10-15)31-5-2/h6-12,20H,4-5,13,27H2,1-3H3,(H,28,29). The summed E-state index contributed by atoms with van der Waals surface area (Å²) in [7, 11) is 1.59. The Hall–Kier alpha value is -4.12. The van der Waals surface area contributed by atoms with Crippen LogP contribution in [0.2, 0.25) is 0 Å². The number of fused-ring (bicyclic) bond motifs is 1. The third-order valence-corrected chi connectivity index (χ3v) is 5.38. The summed E-state index contributed by atoms with van der Waals surface area (Å²) in [6.45, 7) is 5.05. The van der Waals surface area contributed by atoms with Gasteiger partial charge in [0.2, 0.25) is 11.8 Å². The summed E-state index contributed by atoms with van der Waals surface area (Å²) in [5, 5.41) is 17.4. The van der Waals surface area contributed by atoms with Crippen molar-refractivity contribution in [3.8, 4) is 40.5 Å². The zero-order valence-corrected chi connectivity index (χ0v) is 18.8. The number of nitriles is 1. The van der Waals surface area contributed by atoms with Crippen LogP contribution in [0.4, 0.5) is 0 Å². The first-order valence-corrected chi connectivity index (χ1v) is 10.8. The van der Waals surface area contributed by atoms with Crippen molar-refractivity contribution in [1.29, 1.82) is 5.26 Å². The lowest BCUT2D eigenvalue weighted by Crippen LogP contribution is -2.21. The van der Waals surface area contributed by atoms with Crippen LogP contribution in [-0.4, -0.2) is 30.5 Å². The molecule has 0 spiro atoms. The molecule has 4 rings (SSSR count). The zero-order valence-electron chi connectivity index (χ0n) is 18.8. The van der Waals surface area contributed by atoms with Crippen molar-refractivity contribution < 1.29 is 18.9 Å². The van der Waals surface area contributed by atoms with Crippen molar-refractivity contribution >= 4 is 0 Å². The van der Waals surface area contributed by atoms with Crippen molar-refractivity contribution in [3.63, 3.8) is 0 Å². The predicted molar refractivity (Wildman–Crippen MR) is 123 cm³/mol. The van der Waals surface area contributed by atoms with E-state index in [4.69, 9.17) is 24.7 Å². The Morgan fingerprint density at radius 2 is 1.94 bits per heavy atom. The van der Waals surface area contributed by atoms with Crippen LogP contribution < -0.4 is 24.7 Å². The fourth-order valence-corrected chi connectivity index (χ4v) is 3.94. The molecule has 2 heterocycles. The highest BCUT2D eigenvalue weighted by atomic mass is 16.5. The Bertz CT molecular complexity index is 1210. The van der Waals surface area contributed by atoms with Gasteiger partial charge in [-0.25, -0.2) is 0 Å². The van der Waals surface area contributed by atoms with Crippen molar-refractivity contribution in [2.24, 2.45) is 5.73 Å². The molecule has 0 aliphatic carbocycles. The second-order valence-electron chi connectivity index (χ2n) is 7.43. The van der Waals surface area contributed by atoms with Gasteiger partial charge >= 0.3 is 0 Å². The molecule has 0 bridgehead atoms. The highest BCUT2D eigenvalue weighted by Crippen LogP contribution is 2.49. The van der Waals surface area contributed by atoms with E-state index in [0.29, 0.717) is 36.2 Å². The van der Waals surface area contributed by atoms with Crippen LogP contribution in [0.3, 0.4) is 0 Å². The number of allylic oxidation sites excluding steroid dienone is 1. The summed E-state index contributed by atoms with van der Waals surface area (Å²) in [5.74, 6) is 1.71. The molecule has 0 fully saturated rings. The number of hydrogen-bond donors (Lipinski definition) is 2. The molecule has 1 atom stereocenters. The summed E-state index contributed by atoms with van der Waals surface area (Å²) < 4.78 is 22.9. The maximum absolute atomic E-state index is 10.0. The molecule has 1 aliphatic heterocycles. The number of para-hydroxylation sites is 1. The minimum atomic E-state index is -0.555. The van der Waals surface area contributed by atoms with E-state index in [1.54, 1.807) is 7.11 Å². The molecule has 0 radical (unpaired) electrons. The van der Waals surface area contributed by atoms with Crippen LogP contribution in [0.25, 0.3) is 11.3 Å². The SMILES string of the molecule is CCCOc1c(OC)cccc1C1C(C#N)=C(N)Oc2n[nH]c(-c3ccc(OCC)cc3)c21. The molecule has 170 valence electrons. The van der Waals surface area contributed by atoms with Crippen molar-refractivity contribution in [1.82, 2.24) is 10.2 Å². The van der Waals surface area contributed by atoms with Gasteiger partial charge in [0.25, 0.3) is 0 Å². The lowest BCUT2D eigenvalue weighted by molar-refractivity contribution is 0.290. The second-order valence-corrected chi connectivity index (χ2v) is 7.43.